The standard InChI is InChI=1S/C36H20O/c1-3-10-25-23(8-1)28-13-7-14-29-24-9-2-4-11-26(24)32-20-22(19-31(25)36(32)35(28)29)21-16-17-34-30(18-21)27-12-5-6-15-33(27)37-34/h1-20H. The van der Waals surface area contributed by atoms with E-state index in [2.05, 4.69) is 109 Å². The number of furan rings is 1. The first-order valence-electron chi connectivity index (χ1n) is 12.8. The molecule has 37 heavy (non-hydrogen) atoms. The molecule has 0 unspecified atom stereocenters. The van der Waals surface area contributed by atoms with Crippen molar-refractivity contribution in [2.24, 2.45) is 0 Å². The third kappa shape index (κ3) is 2.48. The average molecular weight is 469 g/mol. The highest BCUT2D eigenvalue weighted by molar-refractivity contribution is 6.40. The number of hydrogen-bond donors (Lipinski definition) is 0. The molecule has 8 aromatic carbocycles. The van der Waals surface area contributed by atoms with Gasteiger partial charge in [0.05, 0.1) is 0 Å². The zero-order chi connectivity index (χ0) is 24.1. The van der Waals surface area contributed by atoms with Crippen LogP contribution in [-0.2, 0) is 0 Å². The lowest BCUT2D eigenvalue weighted by molar-refractivity contribution is 0.669. The molecule has 170 valence electrons. The molecular weight excluding hydrogens is 448 g/mol. The minimum Gasteiger partial charge on any atom is -0.456 e. The fraction of sp³-hybridized carbons (Fsp3) is 0. The zero-order valence-electron chi connectivity index (χ0n) is 20.0. The van der Waals surface area contributed by atoms with Gasteiger partial charge in [-0.25, -0.2) is 0 Å². The van der Waals surface area contributed by atoms with Crippen LogP contribution < -0.4 is 0 Å². The first-order valence-corrected chi connectivity index (χ1v) is 12.8. The topological polar surface area (TPSA) is 13.1 Å². The molecule has 0 radical (unpaired) electrons. The van der Waals surface area contributed by atoms with E-state index < -0.39 is 0 Å². The molecule has 1 heterocycles. The molecule has 0 saturated heterocycles. The number of para-hydroxylation sites is 1. The van der Waals surface area contributed by atoms with E-state index in [1.54, 1.807) is 0 Å². The Morgan fingerprint density at radius 3 is 1.41 bits per heavy atom. The van der Waals surface area contributed by atoms with E-state index in [9.17, 15) is 0 Å². The summed E-state index contributed by atoms with van der Waals surface area (Å²) in [6, 6.07) is 44.2. The van der Waals surface area contributed by atoms with Crippen LogP contribution in [0.4, 0.5) is 0 Å². The van der Waals surface area contributed by atoms with Crippen molar-refractivity contribution in [3.63, 3.8) is 0 Å². The summed E-state index contributed by atoms with van der Waals surface area (Å²) in [6.07, 6.45) is 0. The van der Waals surface area contributed by atoms with Crippen LogP contribution in [0.2, 0.25) is 0 Å². The van der Waals surface area contributed by atoms with Gasteiger partial charge >= 0.3 is 0 Å². The molecule has 0 aliphatic rings. The van der Waals surface area contributed by atoms with Gasteiger partial charge in [0.15, 0.2) is 0 Å². The van der Waals surface area contributed by atoms with Gasteiger partial charge in [0.2, 0.25) is 0 Å². The summed E-state index contributed by atoms with van der Waals surface area (Å²) in [5.41, 5.74) is 4.30. The summed E-state index contributed by atoms with van der Waals surface area (Å²) in [6.45, 7) is 0. The van der Waals surface area contributed by atoms with E-state index in [4.69, 9.17) is 4.42 Å². The monoisotopic (exact) mass is 468 g/mol. The molecule has 0 amide bonds. The van der Waals surface area contributed by atoms with Crippen molar-refractivity contribution in [2.75, 3.05) is 0 Å². The Hall–Kier alpha value is -4.88. The van der Waals surface area contributed by atoms with Crippen LogP contribution in [-0.4, -0.2) is 0 Å². The molecule has 0 aliphatic heterocycles. The van der Waals surface area contributed by atoms with Gasteiger partial charge in [0, 0.05) is 10.8 Å². The molecular formula is C36H20O. The van der Waals surface area contributed by atoms with Crippen LogP contribution >= 0.6 is 0 Å². The van der Waals surface area contributed by atoms with Crippen LogP contribution in [0.3, 0.4) is 0 Å². The Labute approximate surface area is 212 Å². The Balaban J connectivity index is 1.50. The van der Waals surface area contributed by atoms with Gasteiger partial charge in [-0.15, -0.1) is 0 Å². The molecule has 1 nitrogen and oxygen atoms in total. The second-order valence-electron chi connectivity index (χ2n) is 10.1. The molecule has 9 rings (SSSR count). The van der Waals surface area contributed by atoms with E-state index in [0.717, 1.165) is 21.9 Å². The van der Waals surface area contributed by atoms with E-state index in [0.29, 0.717) is 0 Å². The summed E-state index contributed by atoms with van der Waals surface area (Å²) in [5, 5.41) is 15.6. The van der Waals surface area contributed by atoms with Crippen molar-refractivity contribution in [1.29, 1.82) is 0 Å². The largest absolute Gasteiger partial charge is 0.456 e. The summed E-state index contributed by atoms with van der Waals surface area (Å²) >= 11 is 0. The average Bonchev–Trinajstić information content (AvgIpc) is 3.34. The highest BCUT2D eigenvalue weighted by atomic mass is 16.3. The highest BCUT2D eigenvalue weighted by Crippen LogP contribution is 2.46. The van der Waals surface area contributed by atoms with Gasteiger partial charge < -0.3 is 4.42 Å². The van der Waals surface area contributed by atoms with E-state index in [-0.39, 0.29) is 0 Å². The van der Waals surface area contributed by atoms with Crippen molar-refractivity contribution < 1.29 is 4.42 Å². The van der Waals surface area contributed by atoms with Gasteiger partial charge in [-0.05, 0) is 95.3 Å². The second kappa shape index (κ2) is 6.87. The Morgan fingerprint density at radius 2 is 0.757 bits per heavy atom. The minimum atomic E-state index is 0.929. The summed E-state index contributed by atoms with van der Waals surface area (Å²) < 4.78 is 6.12. The van der Waals surface area contributed by atoms with Crippen LogP contribution in [0, 0.1) is 0 Å². The van der Waals surface area contributed by atoms with Crippen LogP contribution in [0.15, 0.2) is 126 Å². The highest BCUT2D eigenvalue weighted by Gasteiger charge is 2.18. The smallest absolute Gasteiger partial charge is 0.135 e. The minimum absolute atomic E-state index is 0.929. The molecule has 0 saturated carbocycles. The fourth-order valence-electron chi connectivity index (χ4n) is 6.58. The predicted octanol–water partition coefficient (Wildman–Crippen LogP) is 10.5. The van der Waals surface area contributed by atoms with Gasteiger partial charge in [-0.1, -0.05) is 91.0 Å². The number of fused-ring (bicyclic) bond motifs is 9. The molecule has 9 aromatic rings. The molecule has 0 aliphatic carbocycles. The lowest BCUT2D eigenvalue weighted by Gasteiger charge is -2.18. The maximum Gasteiger partial charge on any atom is 0.135 e. The lowest BCUT2D eigenvalue weighted by Crippen LogP contribution is -1.90. The van der Waals surface area contributed by atoms with Gasteiger partial charge in [0.1, 0.15) is 11.2 Å². The van der Waals surface area contributed by atoms with Crippen LogP contribution in [0.5, 0.6) is 0 Å². The summed E-state index contributed by atoms with van der Waals surface area (Å²) in [7, 11) is 0. The molecule has 0 fully saturated rings. The molecule has 1 heteroatoms. The molecule has 0 bridgehead atoms. The second-order valence-corrected chi connectivity index (χ2v) is 10.1. The van der Waals surface area contributed by atoms with E-state index in [1.165, 1.54) is 65.0 Å². The quantitative estimate of drug-likeness (QED) is 0.172. The fourth-order valence-corrected chi connectivity index (χ4v) is 6.58. The van der Waals surface area contributed by atoms with Crippen LogP contribution in [0.25, 0.3) is 86.9 Å². The Bertz CT molecular complexity index is 2250. The predicted molar refractivity (Wildman–Crippen MR) is 158 cm³/mol. The number of rotatable bonds is 1. The van der Waals surface area contributed by atoms with E-state index in [1.807, 2.05) is 12.1 Å². The lowest BCUT2D eigenvalue weighted by atomic mass is 9.84. The van der Waals surface area contributed by atoms with Gasteiger partial charge in [-0.3, -0.25) is 0 Å². The van der Waals surface area contributed by atoms with Crippen molar-refractivity contribution >= 4 is 75.8 Å². The van der Waals surface area contributed by atoms with Crippen molar-refractivity contribution in [3.05, 3.63) is 121 Å². The van der Waals surface area contributed by atoms with Crippen LogP contribution in [0.1, 0.15) is 0 Å². The third-order valence-corrected chi connectivity index (χ3v) is 8.18. The maximum atomic E-state index is 6.12. The zero-order valence-corrected chi connectivity index (χ0v) is 20.0. The third-order valence-electron chi connectivity index (χ3n) is 8.18. The van der Waals surface area contributed by atoms with Gasteiger partial charge in [0.25, 0.3) is 0 Å². The molecule has 0 atom stereocenters. The van der Waals surface area contributed by atoms with Crippen molar-refractivity contribution in [1.82, 2.24) is 0 Å². The van der Waals surface area contributed by atoms with Gasteiger partial charge in [-0.2, -0.15) is 0 Å². The Morgan fingerprint density at radius 1 is 0.297 bits per heavy atom. The first-order chi connectivity index (χ1) is 18.3. The van der Waals surface area contributed by atoms with E-state index >= 15 is 0 Å². The molecule has 1 aromatic heterocycles. The van der Waals surface area contributed by atoms with Crippen molar-refractivity contribution in [3.8, 4) is 11.1 Å². The summed E-state index contributed by atoms with van der Waals surface area (Å²) in [5.74, 6) is 0. The number of benzene rings is 8. The maximum absolute atomic E-state index is 6.12. The first kappa shape index (κ1) is 19.3. The molecule has 0 N–H and O–H groups in total. The van der Waals surface area contributed by atoms with Crippen molar-refractivity contribution in [2.45, 2.75) is 0 Å². The Kier molecular flexibility index (Phi) is 3.59. The number of hydrogen-bond acceptors (Lipinski definition) is 1. The molecule has 0 spiro atoms. The SMILES string of the molecule is c1ccc2c(c1)oc1ccc(-c3cc4c5ccccc5c5cccc6c7ccccc7c(c3)c4c56)cc12. The summed E-state index contributed by atoms with van der Waals surface area (Å²) in [4.78, 5) is 0. The normalized spacial score (nSPS) is 12.3.